The van der Waals surface area contributed by atoms with Crippen molar-refractivity contribution in [2.75, 3.05) is 0 Å². The van der Waals surface area contributed by atoms with Crippen molar-refractivity contribution >= 4 is 140 Å². The molecule has 0 fully saturated rings. The minimum Gasteiger partial charge on any atom is -0.290 e. The highest BCUT2D eigenvalue weighted by Gasteiger charge is 2.44. The van der Waals surface area contributed by atoms with Crippen LogP contribution in [0.3, 0.4) is 0 Å². The minimum atomic E-state index is -1.66. The molecule has 0 radical (unpaired) electrons. The van der Waals surface area contributed by atoms with Crippen molar-refractivity contribution in [3.8, 4) is 0 Å². The maximum atomic E-state index is 16.4. The van der Waals surface area contributed by atoms with Crippen LogP contribution in [0.5, 0.6) is 0 Å². The molecule has 6 amide bonds. The third kappa shape index (κ3) is 11.3. The smallest absolute Gasteiger partial charge is 0.266 e. The van der Waals surface area contributed by atoms with Crippen LogP contribution in [-0.4, -0.2) is 70.1 Å². The lowest BCUT2D eigenvalue weighted by Crippen LogP contribution is -2.33. The summed E-state index contributed by atoms with van der Waals surface area (Å²) >= 11 is 41.2. The summed E-state index contributed by atoms with van der Waals surface area (Å²) in [6, 6.07) is 18.6. The van der Waals surface area contributed by atoms with Crippen LogP contribution in [0.2, 0.25) is 30.1 Å². The van der Waals surface area contributed by atoms with E-state index in [4.69, 9.17) is 105 Å². The standard InChI is InChI=1S/C54H36Cl6N12O12/c55-37-19(7-1-13-25(37)49(79)67-61)43(73)31-32(44(74)20-8-2-14-26(38(20)56)50(80)68-62)34(46(76)22-10-4-16-28(40(22)58)52(82)70-64)36(48(78)24-12-6-18-30(42(24)60)54(84)72-66)35(47(77)23-11-5-17-29(41(23)59)53(83)71-65)33(31)45(75)21-9-3-15-27(39(21)57)51(81)69-63/h1-18H,61-66H2,(H,67,79)(H,68,80)(H,69,81)(H,70,82)(H,71,83)(H,72,84). The SMILES string of the molecule is NNC(=O)c1cccc(C(=O)c2c(C(=O)c3cccc(C(=O)NN)c3Cl)c(C(=O)c3cccc(C(=O)NN)c3Cl)c(C(=O)c3cccc(C(=O)NN)c3Cl)c(C(=O)c3cccc(C(=O)NN)c3Cl)c2C(=O)c2cccc(C(=O)NN)c2Cl)c1Cl. The predicted molar refractivity (Wildman–Crippen MR) is 306 cm³/mol. The molecule has 0 aliphatic carbocycles. The lowest BCUT2D eigenvalue weighted by Gasteiger charge is -2.26. The summed E-state index contributed by atoms with van der Waals surface area (Å²) in [5.74, 6) is 16.1. The van der Waals surface area contributed by atoms with E-state index in [0.717, 1.165) is 109 Å². The Morgan fingerprint density at radius 3 is 0.429 bits per heavy atom. The van der Waals surface area contributed by atoms with Gasteiger partial charge in [-0.1, -0.05) is 106 Å². The third-order valence-electron chi connectivity index (χ3n) is 12.6. The monoisotopic (exact) mass is 1250 g/mol. The van der Waals surface area contributed by atoms with Gasteiger partial charge in [0.15, 0.2) is 34.7 Å². The first kappa shape index (κ1) is 62.5. The summed E-state index contributed by atoms with van der Waals surface area (Å²) in [4.78, 5) is 178. The summed E-state index contributed by atoms with van der Waals surface area (Å²) < 4.78 is 0. The number of nitrogens with one attached hydrogen (secondary N) is 6. The number of carbonyl (C=O) groups is 12. The number of hydrogen-bond acceptors (Lipinski definition) is 18. The van der Waals surface area contributed by atoms with Gasteiger partial charge in [-0.15, -0.1) is 0 Å². The molecule has 18 N–H and O–H groups in total. The largest absolute Gasteiger partial charge is 0.290 e. The molecular weight excluding hydrogens is 1220 g/mol. The van der Waals surface area contributed by atoms with Crippen LogP contribution < -0.4 is 67.6 Å². The van der Waals surface area contributed by atoms with E-state index in [1.807, 2.05) is 32.6 Å². The third-order valence-corrected chi connectivity index (χ3v) is 15.0. The van der Waals surface area contributed by atoms with Gasteiger partial charge in [0.1, 0.15) is 0 Å². The molecule has 30 heteroatoms. The van der Waals surface area contributed by atoms with Crippen LogP contribution in [0.1, 0.15) is 158 Å². The van der Waals surface area contributed by atoms with Gasteiger partial charge in [-0.05, 0) is 72.8 Å². The Bertz CT molecular complexity index is 3430. The Labute approximate surface area is 501 Å². The Morgan fingerprint density at radius 1 is 0.214 bits per heavy atom. The summed E-state index contributed by atoms with van der Waals surface area (Å²) in [7, 11) is 0. The van der Waals surface area contributed by atoms with Crippen molar-refractivity contribution in [3.05, 3.63) is 239 Å². The van der Waals surface area contributed by atoms with Crippen LogP contribution in [0, 0.1) is 0 Å². The highest BCUT2D eigenvalue weighted by molar-refractivity contribution is 6.47. The number of nitrogens with two attached hydrogens (primary N) is 6. The number of nitrogen functional groups attached to an aromatic ring is 6. The fourth-order valence-corrected chi connectivity index (χ4v) is 10.5. The highest BCUT2D eigenvalue weighted by Crippen LogP contribution is 2.43. The first-order valence-electron chi connectivity index (χ1n) is 23.3. The minimum absolute atomic E-state index is 0.545. The van der Waals surface area contributed by atoms with E-state index in [2.05, 4.69) is 0 Å². The van der Waals surface area contributed by atoms with E-state index in [1.54, 1.807) is 0 Å². The number of halogens is 6. The maximum absolute atomic E-state index is 16.4. The molecule has 0 atom stereocenters. The second kappa shape index (κ2) is 26.0. The molecule has 7 aromatic carbocycles. The van der Waals surface area contributed by atoms with E-state index in [0.29, 0.717) is 0 Å². The Kier molecular flexibility index (Phi) is 19.3. The molecule has 84 heavy (non-hydrogen) atoms. The number of amides is 6. The molecule has 0 aliphatic rings. The summed E-state index contributed by atoms with van der Waals surface area (Å²) in [5, 5.41) is -4.69. The Hall–Kier alpha value is -9.12. The topological polar surface area (TPSA) is 433 Å². The quantitative estimate of drug-likeness (QED) is 0.0241. The fourth-order valence-electron chi connectivity index (χ4n) is 8.68. The zero-order valence-electron chi connectivity index (χ0n) is 42.0. The molecule has 7 rings (SSSR count). The van der Waals surface area contributed by atoms with Gasteiger partial charge in [-0.2, -0.15) is 0 Å². The van der Waals surface area contributed by atoms with Gasteiger partial charge >= 0.3 is 0 Å². The van der Waals surface area contributed by atoms with E-state index in [9.17, 15) is 28.8 Å². The van der Waals surface area contributed by atoms with Crippen LogP contribution in [-0.2, 0) is 0 Å². The molecule has 0 spiro atoms. The van der Waals surface area contributed by atoms with E-state index in [-0.39, 0.29) is 0 Å². The van der Waals surface area contributed by atoms with Crippen molar-refractivity contribution in [1.82, 2.24) is 32.6 Å². The second-order valence-corrected chi connectivity index (χ2v) is 19.3. The number of hydrogen-bond donors (Lipinski definition) is 12. The summed E-state index contributed by atoms with van der Waals surface area (Å²) in [6.45, 7) is 0. The van der Waals surface area contributed by atoms with Gasteiger partial charge in [0.05, 0.1) is 63.5 Å². The zero-order valence-corrected chi connectivity index (χ0v) is 46.6. The van der Waals surface area contributed by atoms with Gasteiger partial charge in [-0.25, -0.2) is 35.1 Å². The molecule has 0 heterocycles. The number of rotatable bonds is 18. The maximum Gasteiger partial charge on any atom is 0.266 e. The molecule has 0 aromatic heterocycles. The normalized spacial score (nSPS) is 10.7. The van der Waals surface area contributed by atoms with Crippen molar-refractivity contribution in [3.63, 3.8) is 0 Å². The molecule has 24 nitrogen and oxygen atoms in total. The van der Waals surface area contributed by atoms with Crippen LogP contribution in [0.25, 0.3) is 0 Å². The Morgan fingerprint density at radius 2 is 0.321 bits per heavy atom. The number of carbonyl (C=O) groups excluding carboxylic acids is 12. The van der Waals surface area contributed by atoms with Gasteiger partial charge < -0.3 is 0 Å². The predicted octanol–water partition coefficient (Wildman–Crippen LogP) is 4.61. The van der Waals surface area contributed by atoms with Crippen molar-refractivity contribution in [1.29, 1.82) is 0 Å². The highest BCUT2D eigenvalue weighted by atomic mass is 35.5. The molecule has 0 unspecified atom stereocenters. The van der Waals surface area contributed by atoms with Crippen LogP contribution in [0.4, 0.5) is 0 Å². The number of hydrazine groups is 6. The average molecular weight is 1260 g/mol. The molecule has 0 bridgehead atoms. The zero-order chi connectivity index (χ0) is 61.8. The van der Waals surface area contributed by atoms with Gasteiger partial charge in [0.2, 0.25) is 0 Å². The number of ketones is 6. The lowest BCUT2D eigenvalue weighted by atomic mass is 9.73. The molecular formula is C54H36Cl6N12O12. The van der Waals surface area contributed by atoms with Crippen LogP contribution >= 0.6 is 69.6 Å². The molecule has 0 saturated carbocycles. The molecule has 0 saturated heterocycles. The van der Waals surface area contributed by atoms with E-state index >= 15 is 28.8 Å². The average Bonchev–Trinajstić information content (AvgIpc) is 0.804. The van der Waals surface area contributed by atoms with E-state index < -0.39 is 200 Å². The van der Waals surface area contributed by atoms with Crippen molar-refractivity contribution in [2.45, 2.75) is 0 Å². The second-order valence-electron chi connectivity index (χ2n) is 17.1. The van der Waals surface area contributed by atoms with Gasteiger partial charge in [0.25, 0.3) is 35.4 Å². The number of benzene rings is 7. The summed E-state index contributed by atoms with van der Waals surface area (Å²) in [6.07, 6.45) is 0. The van der Waals surface area contributed by atoms with Crippen molar-refractivity contribution in [2.24, 2.45) is 35.1 Å². The first-order valence-corrected chi connectivity index (χ1v) is 25.5. The van der Waals surface area contributed by atoms with Gasteiger partial charge in [0, 0.05) is 66.8 Å². The molecule has 7 aromatic rings. The van der Waals surface area contributed by atoms with Gasteiger partial charge in [-0.3, -0.25) is 90.1 Å². The molecule has 426 valence electrons. The summed E-state index contributed by atoms with van der Waals surface area (Å²) in [5.41, 5.74) is -5.55. The van der Waals surface area contributed by atoms with Crippen LogP contribution in [0.15, 0.2) is 109 Å². The van der Waals surface area contributed by atoms with Crippen molar-refractivity contribution < 1.29 is 57.5 Å². The fraction of sp³-hybridized carbons (Fsp3) is 0. The molecule has 0 aliphatic heterocycles. The lowest BCUT2D eigenvalue weighted by molar-refractivity contribution is 0.0943. The Balaban J connectivity index is 1.95. The van der Waals surface area contributed by atoms with E-state index in [1.165, 1.54) is 0 Å². The first-order chi connectivity index (χ1) is 40.0.